The van der Waals surface area contributed by atoms with Crippen molar-refractivity contribution in [2.75, 3.05) is 26.2 Å². The van der Waals surface area contributed by atoms with Crippen molar-refractivity contribution in [1.29, 1.82) is 0 Å². The van der Waals surface area contributed by atoms with Crippen LogP contribution in [0.15, 0.2) is 54.6 Å². The van der Waals surface area contributed by atoms with E-state index in [4.69, 9.17) is 0 Å². The third kappa shape index (κ3) is 5.96. The van der Waals surface area contributed by atoms with Crippen molar-refractivity contribution in [2.45, 2.75) is 39.7 Å². The minimum Gasteiger partial charge on any atom is -0.340 e. The maximum absolute atomic E-state index is 13.4. The third-order valence-electron chi connectivity index (χ3n) is 5.82. The molecule has 170 valence electrons. The summed E-state index contributed by atoms with van der Waals surface area (Å²) in [6, 6.07) is 16.0. The number of carbonyl (C=O) groups is 3. The molecule has 0 radical (unpaired) electrons. The van der Waals surface area contributed by atoms with E-state index in [1.807, 2.05) is 74.2 Å². The summed E-state index contributed by atoms with van der Waals surface area (Å²) in [5.41, 5.74) is 2.13. The van der Waals surface area contributed by atoms with Gasteiger partial charge in [0, 0.05) is 37.3 Å². The molecule has 2 aromatic rings. The normalized spacial score (nSPS) is 15.2. The van der Waals surface area contributed by atoms with E-state index in [9.17, 15) is 14.4 Å². The molecule has 1 N–H and O–H groups in total. The third-order valence-corrected chi connectivity index (χ3v) is 5.82. The first-order valence-corrected chi connectivity index (χ1v) is 11.4. The Kier molecular flexibility index (Phi) is 8.03. The van der Waals surface area contributed by atoms with Crippen molar-refractivity contribution in [3.63, 3.8) is 0 Å². The average molecular weight is 436 g/mol. The van der Waals surface area contributed by atoms with Gasteiger partial charge in [0.05, 0.1) is 0 Å². The summed E-state index contributed by atoms with van der Waals surface area (Å²) in [4.78, 5) is 42.7. The van der Waals surface area contributed by atoms with Gasteiger partial charge in [0.15, 0.2) is 0 Å². The lowest BCUT2D eigenvalue weighted by molar-refractivity contribution is -0.133. The van der Waals surface area contributed by atoms with Gasteiger partial charge < -0.3 is 15.1 Å². The molecule has 1 heterocycles. The zero-order valence-corrected chi connectivity index (χ0v) is 19.2. The van der Waals surface area contributed by atoms with Gasteiger partial charge in [0.2, 0.25) is 5.91 Å². The van der Waals surface area contributed by atoms with Crippen molar-refractivity contribution in [1.82, 2.24) is 15.1 Å². The zero-order valence-electron chi connectivity index (χ0n) is 19.2. The molecule has 1 atom stereocenters. The molecular formula is C26H33N3O3. The summed E-state index contributed by atoms with van der Waals surface area (Å²) in [6.45, 7) is 8.12. The van der Waals surface area contributed by atoms with Crippen LogP contribution >= 0.6 is 0 Å². The van der Waals surface area contributed by atoms with Crippen molar-refractivity contribution < 1.29 is 14.4 Å². The second kappa shape index (κ2) is 10.9. The quantitative estimate of drug-likeness (QED) is 0.755. The number of rotatable bonds is 6. The van der Waals surface area contributed by atoms with E-state index < -0.39 is 6.04 Å². The van der Waals surface area contributed by atoms with Gasteiger partial charge in [-0.05, 0) is 49.4 Å². The van der Waals surface area contributed by atoms with Gasteiger partial charge in [-0.3, -0.25) is 14.4 Å². The fourth-order valence-electron chi connectivity index (χ4n) is 4.08. The highest BCUT2D eigenvalue weighted by atomic mass is 16.2. The van der Waals surface area contributed by atoms with E-state index >= 15 is 0 Å². The van der Waals surface area contributed by atoms with Crippen molar-refractivity contribution in [2.24, 2.45) is 5.92 Å². The maximum atomic E-state index is 13.4. The highest BCUT2D eigenvalue weighted by Gasteiger charge is 2.29. The average Bonchev–Trinajstić information content (AvgIpc) is 3.04. The second-order valence-corrected chi connectivity index (χ2v) is 8.81. The SMILES string of the molecule is Cc1ccccc1C(=O)NC(CC(C)C)C(=O)N1CCCN(C(=O)c2ccccc2)CC1. The smallest absolute Gasteiger partial charge is 0.253 e. The molecule has 1 fully saturated rings. The van der Waals surface area contributed by atoms with Crippen LogP contribution in [-0.4, -0.2) is 59.7 Å². The molecule has 1 aliphatic rings. The van der Waals surface area contributed by atoms with Crippen LogP contribution < -0.4 is 5.32 Å². The molecule has 0 aliphatic carbocycles. The van der Waals surface area contributed by atoms with Crippen molar-refractivity contribution >= 4 is 17.7 Å². The minimum atomic E-state index is -0.585. The van der Waals surface area contributed by atoms with E-state index in [-0.39, 0.29) is 23.6 Å². The van der Waals surface area contributed by atoms with Crippen LogP contribution in [0, 0.1) is 12.8 Å². The number of amides is 3. The summed E-state index contributed by atoms with van der Waals surface area (Å²) in [5.74, 6) is -0.0526. The number of aryl methyl sites for hydroxylation is 1. The molecular weight excluding hydrogens is 402 g/mol. The Balaban J connectivity index is 1.67. The molecule has 1 saturated heterocycles. The highest BCUT2D eigenvalue weighted by Crippen LogP contribution is 2.15. The van der Waals surface area contributed by atoms with Gasteiger partial charge >= 0.3 is 0 Å². The summed E-state index contributed by atoms with van der Waals surface area (Å²) >= 11 is 0. The van der Waals surface area contributed by atoms with E-state index in [0.717, 1.165) is 5.56 Å². The minimum absolute atomic E-state index is 0.00788. The largest absolute Gasteiger partial charge is 0.340 e. The zero-order chi connectivity index (χ0) is 23.1. The Labute approximate surface area is 190 Å². The van der Waals surface area contributed by atoms with Gasteiger partial charge in [-0.2, -0.15) is 0 Å². The lowest BCUT2D eigenvalue weighted by Gasteiger charge is -2.28. The van der Waals surface area contributed by atoms with Gasteiger partial charge in [0.25, 0.3) is 11.8 Å². The van der Waals surface area contributed by atoms with Crippen LogP contribution in [0.4, 0.5) is 0 Å². The second-order valence-electron chi connectivity index (χ2n) is 8.81. The summed E-state index contributed by atoms with van der Waals surface area (Å²) in [6.07, 6.45) is 1.28. The van der Waals surface area contributed by atoms with Crippen LogP contribution in [0.2, 0.25) is 0 Å². The van der Waals surface area contributed by atoms with Gasteiger partial charge in [-0.15, -0.1) is 0 Å². The molecule has 0 saturated carbocycles. The van der Waals surface area contributed by atoms with Crippen LogP contribution in [0.5, 0.6) is 0 Å². The highest BCUT2D eigenvalue weighted by molar-refractivity contribution is 5.98. The molecule has 6 heteroatoms. The first kappa shape index (κ1) is 23.5. The predicted molar refractivity (Wildman–Crippen MR) is 125 cm³/mol. The van der Waals surface area contributed by atoms with E-state index in [0.29, 0.717) is 50.1 Å². The van der Waals surface area contributed by atoms with Crippen LogP contribution in [0.3, 0.4) is 0 Å². The van der Waals surface area contributed by atoms with Gasteiger partial charge in [0.1, 0.15) is 6.04 Å². The number of nitrogens with one attached hydrogen (secondary N) is 1. The Bertz CT molecular complexity index is 942. The molecule has 3 rings (SSSR count). The van der Waals surface area contributed by atoms with Crippen molar-refractivity contribution in [3.05, 3.63) is 71.3 Å². The molecule has 3 amide bonds. The number of nitrogens with zero attached hydrogens (tertiary/aromatic N) is 2. The Morgan fingerprint density at radius 3 is 2.19 bits per heavy atom. The number of hydrogen-bond acceptors (Lipinski definition) is 3. The van der Waals surface area contributed by atoms with Crippen LogP contribution in [0.1, 0.15) is 53.0 Å². The topological polar surface area (TPSA) is 69.7 Å². The number of hydrogen-bond donors (Lipinski definition) is 1. The molecule has 2 aromatic carbocycles. The summed E-state index contributed by atoms with van der Waals surface area (Å²) < 4.78 is 0. The lowest BCUT2D eigenvalue weighted by atomic mass is 10.0. The molecule has 1 aliphatic heterocycles. The summed E-state index contributed by atoms with van der Waals surface area (Å²) in [7, 11) is 0. The molecule has 0 bridgehead atoms. The molecule has 32 heavy (non-hydrogen) atoms. The number of carbonyl (C=O) groups excluding carboxylic acids is 3. The van der Waals surface area contributed by atoms with Crippen LogP contribution in [-0.2, 0) is 4.79 Å². The fourth-order valence-corrected chi connectivity index (χ4v) is 4.08. The maximum Gasteiger partial charge on any atom is 0.253 e. The van der Waals surface area contributed by atoms with Gasteiger partial charge in [-0.1, -0.05) is 50.2 Å². The molecule has 0 spiro atoms. The fraction of sp³-hybridized carbons (Fsp3) is 0.423. The Hall–Kier alpha value is -3.15. The first-order valence-electron chi connectivity index (χ1n) is 11.4. The Morgan fingerprint density at radius 1 is 0.875 bits per heavy atom. The van der Waals surface area contributed by atoms with Crippen molar-refractivity contribution in [3.8, 4) is 0 Å². The predicted octanol–water partition coefficient (Wildman–Crippen LogP) is 3.51. The van der Waals surface area contributed by atoms with Gasteiger partial charge in [-0.25, -0.2) is 0 Å². The summed E-state index contributed by atoms with van der Waals surface area (Å²) in [5, 5.41) is 2.97. The van der Waals surface area contributed by atoms with Crippen LogP contribution in [0.25, 0.3) is 0 Å². The standard InChI is InChI=1S/C26H33N3O3/c1-19(2)18-23(27-24(30)22-13-8-7-10-20(22)3)26(32)29-15-9-14-28(16-17-29)25(31)21-11-5-4-6-12-21/h4-8,10-13,19,23H,9,14-18H2,1-3H3,(H,27,30). The monoisotopic (exact) mass is 435 g/mol. The molecule has 0 aromatic heterocycles. The van der Waals surface area contributed by atoms with E-state index in [2.05, 4.69) is 5.32 Å². The number of benzene rings is 2. The lowest BCUT2D eigenvalue weighted by Crippen LogP contribution is -2.50. The molecule has 6 nitrogen and oxygen atoms in total. The first-order chi connectivity index (χ1) is 15.4. The van der Waals surface area contributed by atoms with E-state index in [1.165, 1.54) is 0 Å². The Morgan fingerprint density at radius 2 is 1.50 bits per heavy atom. The molecule has 1 unspecified atom stereocenters. The van der Waals surface area contributed by atoms with E-state index in [1.54, 1.807) is 11.0 Å².